The van der Waals surface area contributed by atoms with Gasteiger partial charge >= 0.3 is 11.9 Å². The van der Waals surface area contributed by atoms with Crippen LogP contribution in [0, 0.1) is 11.8 Å². The number of amides is 1. The zero-order chi connectivity index (χ0) is 58.0. The Hall–Kier alpha value is -7.10. The van der Waals surface area contributed by atoms with E-state index in [1.165, 1.54) is 50.8 Å². The quantitative estimate of drug-likeness (QED) is 0.0640. The maximum absolute atomic E-state index is 12.4. The molecule has 1 aliphatic heterocycles. The number of carbonyl (C=O) groups excluding carboxylic acids is 1. The van der Waals surface area contributed by atoms with Gasteiger partial charge in [0.15, 0.2) is 0 Å². The summed E-state index contributed by atoms with van der Waals surface area (Å²) in [6.45, 7) is 14.9. The number of para-hydroxylation sites is 2. The second-order valence-electron chi connectivity index (χ2n) is 20.4. The van der Waals surface area contributed by atoms with Crippen molar-refractivity contribution in [3.63, 3.8) is 0 Å². The maximum atomic E-state index is 12.4. The second kappa shape index (κ2) is 33.4. The average Bonchev–Trinajstić information content (AvgIpc) is 3.44. The minimum Gasteiger partial charge on any atom is -0.508 e. The van der Waals surface area contributed by atoms with Crippen molar-refractivity contribution in [1.82, 2.24) is 14.8 Å². The summed E-state index contributed by atoms with van der Waals surface area (Å²) in [5.74, 6) is -0.686. The Bertz CT molecular complexity index is 2860. The molecule has 5 N–H and O–H groups in total. The number of phenols is 1. The van der Waals surface area contributed by atoms with E-state index in [0.717, 1.165) is 42.6 Å². The average molecular weight is 1110 g/mol. The molecule has 14 heteroatoms. The molecule has 8 rings (SSSR count). The molecule has 79 heavy (non-hydrogen) atoms. The van der Waals surface area contributed by atoms with E-state index in [4.69, 9.17) is 15.9 Å². The zero-order valence-corrected chi connectivity index (χ0v) is 49.1. The number of aromatic nitrogens is 1. The Morgan fingerprint density at radius 2 is 1.20 bits per heavy atom. The lowest BCUT2D eigenvalue weighted by molar-refractivity contribution is -0.138. The van der Waals surface area contributed by atoms with E-state index in [-0.39, 0.29) is 16.6 Å². The number of benzene rings is 6. The minimum absolute atomic E-state index is 0.131. The normalized spacial score (nSPS) is 13.2. The van der Waals surface area contributed by atoms with Crippen molar-refractivity contribution in [3.05, 3.63) is 216 Å². The number of rotatable bonds is 18. The summed E-state index contributed by atoms with van der Waals surface area (Å²) in [5.41, 5.74) is 13.3. The van der Waals surface area contributed by atoms with E-state index >= 15 is 0 Å². The number of aromatic carboxylic acids is 1. The summed E-state index contributed by atoms with van der Waals surface area (Å²) >= 11 is 1.87. The fourth-order valence-electron chi connectivity index (χ4n) is 8.85. The molecule has 0 spiro atoms. The minimum atomic E-state index is -1.36. The van der Waals surface area contributed by atoms with Crippen molar-refractivity contribution in [2.45, 2.75) is 87.3 Å². The smallest absolute Gasteiger partial charge is 0.337 e. The Morgan fingerprint density at radius 3 is 1.63 bits per heavy atom. The molecule has 1 amide bonds. The van der Waals surface area contributed by atoms with Crippen molar-refractivity contribution in [3.8, 4) is 5.75 Å². The monoisotopic (exact) mass is 1110 g/mol. The highest BCUT2D eigenvalue weighted by Gasteiger charge is 2.25. The second-order valence-corrected chi connectivity index (χ2v) is 23.1. The van der Waals surface area contributed by atoms with E-state index in [0.29, 0.717) is 29.5 Å². The van der Waals surface area contributed by atoms with E-state index in [9.17, 15) is 23.7 Å². The highest BCUT2D eigenvalue weighted by atomic mass is 32.2. The summed E-state index contributed by atoms with van der Waals surface area (Å²) in [6.07, 6.45) is 5.00. The number of carboxylic acids is 2. The third-order valence-corrected chi connectivity index (χ3v) is 15.9. The number of carbonyl (C=O) groups is 3. The van der Waals surface area contributed by atoms with Crippen molar-refractivity contribution >= 4 is 51.8 Å². The molecule has 1 aromatic heterocycles. The van der Waals surface area contributed by atoms with Gasteiger partial charge < -0.3 is 35.8 Å². The molecule has 0 saturated carbocycles. The summed E-state index contributed by atoms with van der Waals surface area (Å²) in [5, 5.41) is 26.4. The molecule has 420 valence electrons. The molecule has 1 aliphatic rings. The van der Waals surface area contributed by atoms with Crippen LogP contribution in [0.3, 0.4) is 0 Å². The molecule has 0 bridgehead atoms. The number of aliphatic carboxylic acids is 1. The lowest BCUT2D eigenvalue weighted by Gasteiger charge is -2.36. The third-order valence-electron chi connectivity index (χ3n) is 13.1. The molecule has 0 fully saturated rings. The molecule has 3 unspecified atom stereocenters. The molecule has 0 aliphatic carbocycles. The first-order valence-corrected chi connectivity index (χ1v) is 28.8. The molecule has 7 aromatic rings. The van der Waals surface area contributed by atoms with E-state index in [2.05, 4.69) is 137 Å². The van der Waals surface area contributed by atoms with Crippen molar-refractivity contribution in [2.75, 3.05) is 51.9 Å². The molecule has 6 aromatic carbocycles. The number of anilines is 2. The van der Waals surface area contributed by atoms with Gasteiger partial charge in [0.25, 0.3) is 0 Å². The number of pyridine rings is 1. The van der Waals surface area contributed by atoms with Gasteiger partial charge in [0.2, 0.25) is 5.91 Å². The summed E-state index contributed by atoms with van der Waals surface area (Å²) < 4.78 is 12.4. The van der Waals surface area contributed by atoms with Crippen LogP contribution in [0.5, 0.6) is 5.75 Å². The van der Waals surface area contributed by atoms with Crippen LogP contribution in [0.15, 0.2) is 192 Å². The number of hydrogen-bond donors (Lipinski definition) is 4. The van der Waals surface area contributed by atoms with Crippen LogP contribution >= 0.6 is 11.8 Å². The fraction of sp³-hybridized carbons (Fsp3) is 0.323. The third kappa shape index (κ3) is 21.6. The number of carboxylic acid groups (broad SMARTS) is 2. The van der Waals surface area contributed by atoms with Crippen LogP contribution < -0.4 is 10.6 Å². The largest absolute Gasteiger partial charge is 0.508 e. The van der Waals surface area contributed by atoms with Crippen molar-refractivity contribution < 1.29 is 33.9 Å². The van der Waals surface area contributed by atoms with Gasteiger partial charge in [0.05, 0.1) is 28.1 Å². The highest BCUT2D eigenvalue weighted by Crippen LogP contribution is 2.48. The fourth-order valence-corrected chi connectivity index (χ4v) is 11.3. The molecular formula is C65H81N5O7S2. The predicted octanol–water partition coefficient (Wildman–Crippen LogP) is 13.2. The number of phenolic OH excluding ortho intramolecular Hbond substituents is 1. The summed E-state index contributed by atoms with van der Waals surface area (Å²) in [7, 11) is 7.12. The molecule has 0 saturated heterocycles. The lowest BCUT2D eigenvalue weighted by atomic mass is 9.85. The van der Waals surface area contributed by atoms with Gasteiger partial charge in [0.1, 0.15) is 11.5 Å². The van der Waals surface area contributed by atoms with Gasteiger partial charge in [-0.15, -0.1) is 0 Å². The molecule has 5 atom stereocenters. The van der Waals surface area contributed by atoms with Crippen LogP contribution in [0.25, 0.3) is 0 Å². The standard InChI is InChI=1S/C17H20N2S.C15H15NO2S.C14H23NO.C13H18O2.C6H5NO2/c1-13(18(2)3)12-19-14-8-4-6-10-16(14)20-17-11-7-5-9-15(17)19;16-14(17)11-19(18)15(12-7-3-1-4-8-12)13-9-5-2-6-10-13;1-5-14(11(2)10-15(3)4)12-7-6-8-13(16)9-12;1-9(2)8-11-4-6-12(7-5-11)10(3)13(14)15;8-6(9)5-2-1-3-7-4-5/h4-11,13H,12H2,1-3H3;1-10,15H,11H2,(H2,16,17);6-9,11,14,16H,5,10H2,1-4H3;4-7,9-10H,8H2,1-3H3,(H,14,15);1-4H,(H,8,9)/t;;11-,14+;;/m..0../s1. The van der Waals surface area contributed by atoms with Gasteiger partial charge in [-0.25, -0.2) is 4.79 Å². The summed E-state index contributed by atoms with van der Waals surface area (Å²) in [6, 6.07) is 55.5. The Kier molecular flexibility index (Phi) is 27.2. The molecule has 2 heterocycles. The zero-order valence-electron chi connectivity index (χ0n) is 47.5. The maximum Gasteiger partial charge on any atom is 0.337 e. The van der Waals surface area contributed by atoms with Gasteiger partial charge in [-0.1, -0.05) is 161 Å². The van der Waals surface area contributed by atoms with Gasteiger partial charge in [-0.3, -0.25) is 18.8 Å². The number of likely N-dealkylation sites (N-methyl/N-ethyl adjacent to an activating group) is 1. The van der Waals surface area contributed by atoms with Crippen molar-refractivity contribution in [2.24, 2.45) is 17.6 Å². The van der Waals surface area contributed by atoms with Gasteiger partial charge in [-0.2, -0.15) is 0 Å². The topological polar surface area (TPSA) is 178 Å². The number of primary amides is 1. The first-order valence-electron chi connectivity index (χ1n) is 26.6. The molecule has 0 radical (unpaired) electrons. The first kappa shape index (κ1) is 64.4. The van der Waals surface area contributed by atoms with Crippen molar-refractivity contribution in [1.29, 1.82) is 0 Å². The highest BCUT2D eigenvalue weighted by molar-refractivity contribution is 7.99. The Morgan fingerprint density at radius 1 is 0.671 bits per heavy atom. The lowest BCUT2D eigenvalue weighted by Crippen LogP contribution is -2.37. The Balaban J connectivity index is 0.000000217. The van der Waals surface area contributed by atoms with E-state index in [1.807, 2.05) is 109 Å². The summed E-state index contributed by atoms with van der Waals surface area (Å²) in [4.78, 5) is 45.2. The number of nitrogens with zero attached hydrogens (tertiary/aromatic N) is 4. The number of hydrogen-bond acceptors (Lipinski definition) is 10. The van der Waals surface area contributed by atoms with Gasteiger partial charge in [0, 0.05) is 52.1 Å². The van der Waals surface area contributed by atoms with Crippen LogP contribution in [0.2, 0.25) is 0 Å². The van der Waals surface area contributed by atoms with Gasteiger partial charge in [-0.05, 0) is 149 Å². The number of fused-ring (bicyclic) bond motifs is 2. The van der Waals surface area contributed by atoms with Crippen LogP contribution in [-0.4, -0.2) is 105 Å². The van der Waals surface area contributed by atoms with E-state index in [1.54, 1.807) is 19.1 Å². The SMILES string of the molecule is CC(C)Cc1ccc(C(C)C(=O)O)cc1.CC(CN1c2ccccc2Sc2ccccc21)N(C)C.CC[C@@H](c1cccc(O)c1)[C@@H](C)CN(C)C.NC(=O)CS(=O)C(c1ccccc1)c1ccccc1.O=C(O)c1cccnc1. The van der Waals surface area contributed by atoms with Crippen LogP contribution in [0.4, 0.5) is 11.4 Å². The number of nitrogens with two attached hydrogens (primary N) is 1. The molecular weight excluding hydrogens is 1030 g/mol. The molecule has 12 nitrogen and oxygen atoms in total. The predicted molar refractivity (Wildman–Crippen MR) is 325 cm³/mol. The first-order chi connectivity index (χ1) is 37.7. The Labute approximate surface area is 476 Å². The number of aromatic hydroxyl groups is 1. The van der Waals surface area contributed by atoms with E-state index < -0.39 is 34.6 Å². The van der Waals surface area contributed by atoms with Crippen LogP contribution in [-0.2, 0) is 26.8 Å². The van der Waals surface area contributed by atoms with Crippen LogP contribution in [0.1, 0.15) is 103 Å².